The second-order valence-corrected chi connectivity index (χ2v) is 7.96. The van der Waals surface area contributed by atoms with Crippen molar-refractivity contribution in [3.63, 3.8) is 0 Å². The number of urea groups is 1. The maximum absolute atomic E-state index is 13.0. The van der Waals surface area contributed by atoms with Crippen LogP contribution in [0.4, 0.5) is 4.79 Å². The van der Waals surface area contributed by atoms with Crippen LogP contribution in [0.25, 0.3) is 0 Å². The maximum Gasteiger partial charge on any atom is 0.325 e. The first-order valence-corrected chi connectivity index (χ1v) is 9.94. The van der Waals surface area contributed by atoms with E-state index in [4.69, 9.17) is 27.9 Å². The monoisotopic (exact) mass is 449 g/mol. The zero-order valence-electron chi connectivity index (χ0n) is 16.7. The van der Waals surface area contributed by atoms with Crippen molar-refractivity contribution in [2.75, 3.05) is 13.7 Å². The Morgan fingerprint density at radius 3 is 2.60 bits per heavy atom. The van der Waals surface area contributed by atoms with Crippen LogP contribution in [0, 0.1) is 0 Å². The summed E-state index contributed by atoms with van der Waals surface area (Å²) in [6, 6.07) is 10.9. The summed E-state index contributed by atoms with van der Waals surface area (Å²) in [4.78, 5) is 38.9. The van der Waals surface area contributed by atoms with E-state index in [9.17, 15) is 14.4 Å². The normalized spacial score (nSPS) is 19.4. The Kier molecular flexibility index (Phi) is 6.24. The van der Waals surface area contributed by atoms with E-state index in [2.05, 4.69) is 10.6 Å². The number of nitrogens with one attached hydrogen (secondary N) is 2. The number of methoxy groups -OCH3 is 1. The number of carbonyl (C=O) groups is 3. The average molecular weight is 450 g/mol. The molecule has 0 unspecified atom stereocenters. The smallest absolute Gasteiger partial charge is 0.325 e. The van der Waals surface area contributed by atoms with Crippen LogP contribution in [0.5, 0.6) is 5.75 Å². The van der Waals surface area contributed by atoms with E-state index in [0.717, 1.165) is 10.5 Å². The van der Waals surface area contributed by atoms with Gasteiger partial charge in [0.1, 0.15) is 17.8 Å². The fraction of sp³-hybridized carbons (Fsp3) is 0.286. The lowest BCUT2D eigenvalue weighted by atomic mass is 9.92. The Hall–Kier alpha value is -2.77. The molecule has 1 heterocycles. The summed E-state index contributed by atoms with van der Waals surface area (Å²) in [7, 11) is 1.52. The van der Waals surface area contributed by atoms with Gasteiger partial charge in [-0.1, -0.05) is 41.4 Å². The van der Waals surface area contributed by atoms with Crippen LogP contribution in [-0.4, -0.2) is 36.4 Å². The molecule has 0 aromatic heterocycles. The van der Waals surface area contributed by atoms with Gasteiger partial charge in [0.2, 0.25) is 5.91 Å². The third kappa shape index (κ3) is 4.22. The molecule has 0 radical (unpaired) electrons. The van der Waals surface area contributed by atoms with Gasteiger partial charge in [0.25, 0.3) is 5.91 Å². The van der Waals surface area contributed by atoms with Crippen molar-refractivity contribution in [3.05, 3.63) is 63.6 Å². The second-order valence-electron chi connectivity index (χ2n) is 7.14. The van der Waals surface area contributed by atoms with Gasteiger partial charge in [0.05, 0.1) is 23.2 Å². The lowest BCUT2D eigenvalue weighted by Crippen LogP contribution is -2.43. The highest BCUT2D eigenvalue weighted by Gasteiger charge is 2.49. The van der Waals surface area contributed by atoms with E-state index in [0.29, 0.717) is 21.4 Å². The number of amides is 4. The zero-order valence-corrected chi connectivity index (χ0v) is 18.2. The molecule has 158 valence electrons. The van der Waals surface area contributed by atoms with Crippen LogP contribution < -0.4 is 15.4 Å². The van der Waals surface area contributed by atoms with E-state index in [1.807, 2.05) is 0 Å². The predicted octanol–water partition coefficient (Wildman–Crippen LogP) is 3.65. The van der Waals surface area contributed by atoms with Crippen LogP contribution in [0.2, 0.25) is 10.0 Å². The molecule has 0 bridgehead atoms. The Morgan fingerprint density at radius 1 is 1.20 bits per heavy atom. The standard InChI is InChI=1S/C21H21Cl2N3O4/c1-12(13-7-8-16(22)17(23)9-13)24-18(27)11-26-19(28)21(2,25-20(26)29)14-5-4-6-15(10-14)30-3/h4-10,12H,11H2,1-3H3,(H,24,27)(H,25,29)/t12-,21-/m0/s1. The van der Waals surface area contributed by atoms with Gasteiger partial charge >= 0.3 is 6.03 Å². The van der Waals surface area contributed by atoms with Gasteiger partial charge in [-0.2, -0.15) is 0 Å². The van der Waals surface area contributed by atoms with Crippen molar-refractivity contribution in [1.82, 2.24) is 15.5 Å². The summed E-state index contributed by atoms with van der Waals surface area (Å²) < 4.78 is 5.20. The second kappa shape index (κ2) is 8.53. The third-order valence-electron chi connectivity index (χ3n) is 5.04. The molecular weight excluding hydrogens is 429 g/mol. The summed E-state index contributed by atoms with van der Waals surface area (Å²) in [6.07, 6.45) is 0. The maximum atomic E-state index is 13.0. The topological polar surface area (TPSA) is 87.7 Å². The minimum atomic E-state index is -1.29. The van der Waals surface area contributed by atoms with Crippen LogP contribution in [0.3, 0.4) is 0 Å². The molecular formula is C21H21Cl2N3O4. The van der Waals surface area contributed by atoms with E-state index >= 15 is 0 Å². The molecule has 0 aliphatic carbocycles. The first-order valence-electron chi connectivity index (χ1n) is 9.18. The van der Waals surface area contributed by atoms with Crippen molar-refractivity contribution in [2.24, 2.45) is 0 Å². The lowest BCUT2D eigenvalue weighted by molar-refractivity contribution is -0.135. The van der Waals surface area contributed by atoms with Crippen molar-refractivity contribution < 1.29 is 19.1 Å². The van der Waals surface area contributed by atoms with Crippen molar-refractivity contribution in [2.45, 2.75) is 25.4 Å². The first kappa shape index (κ1) is 21.9. The quantitative estimate of drug-likeness (QED) is 0.658. The Bertz CT molecular complexity index is 1010. The van der Waals surface area contributed by atoms with Crippen LogP contribution in [0.15, 0.2) is 42.5 Å². The van der Waals surface area contributed by atoms with Crippen LogP contribution in [-0.2, 0) is 15.1 Å². The van der Waals surface area contributed by atoms with Crippen molar-refractivity contribution in [3.8, 4) is 5.75 Å². The largest absolute Gasteiger partial charge is 0.497 e. The molecule has 1 fully saturated rings. The number of imide groups is 1. The minimum absolute atomic E-state index is 0.374. The fourth-order valence-electron chi connectivity index (χ4n) is 3.27. The molecule has 0 spiro atoms. The molecule has 4 amide bonds. The molecule has 0 saturated carbocycles. The first-order chi connectivity index (χ1) is 14.2. The molecule has 1 aliphatic rings. The van der Waals surface area contributed by atoms with E-state index in [1.165, 1.54) is 7.11 Å². The summed E-state index contributed by atoms with van der Waals surface area (Å²) in [5, 5.41) is 6.22. The molecule has 7 nitrogen and oxygen atoms in total. The lowest BCUT2D eigenvalue weighted by Gasteiger charge is -2.23. The number of hydrogen-bond acceptors (Lipinski definition) is 4. The number of carbonyl (C=O) groups excluding carboxylic acids is 3. The van der Waals surface area contributed by atoms with E-state index < -0.39 is 36.0 Å². The molecule has 9 heteroatoms. The van der Waals surface area contributed by atoms with Gasteiger partial charge in [-0.3, -0.25) is 14.5 Å². The Balaban J connectivity index is 1.71. The summed E-state index contributed by atoms with van der Waals surface area (Å²) in [6.45, 7) is 2.96. The highest BCUT2D eigenvalue weighted by atomic mass is 35.5. The Morgan fingerprint density at radius 2 is 1.93 bits per heavy atom. The number of hydrogen-bond donors (Lipinski definition) is 2. The summed E-state index contributed by atoms with van der Waals surface area (Å²) >= 11 is 11.9. The third-order valence-corrected chi connectivity index (χ3v) is 5.78. The van der Waals surface area contributed by atoms with Gasteiger partial charge in [0.15, 0.2) is 0 Å². The number of halogens is 2. The predicted molar refractivity (Wildman–Crippen MR) is 114 cm³/mol. The van der Waals surface area contributed by atoms with Gasteiger partial charge in [-0.05, 0) is 49.2 Å². The molecule has 1 aliphatic heterocycles. The Labute approximate surface area is 184 Å². The minimum Gasteiger partial charge on any atom is -0.497 e. The number of ether oxygens (including phenoxy) is 1. The number of rotatable bonds is 6. The van der Waals surface area contributed by atoms with Gasteiger partial charge in [-0.25, -0.2) is 4.79 Å². The highest BCUT2D eigenvalue weighted by Crippen LogP contribution is 2.31. The van der Waals surface area contributed by atoms with E-state index in [1.54, 1.807) is 56.3 Å². The number of benzene rings is 2. The molecule has 1 saturated heterocycles. The van der Waals surface area contributed by atoms with Crippen LogP contribution >= 0.6 is 23.2 Å². The molecule has 2 aromatic carbocycles. The number of nitrogens with zero attached hydrogens (tertiary/aromatic N) is 1. The highest BCUT2D eigenvalue weighted by molar-refractivity contribution is 6.42. The summed E-state index contributed by atoms with van der Waals surface area (Å²) in [5.41, 5.74) is 0.0183. The van der Waals surface area contributed by atoms with Gasteiger partial charge in [0, 0.05) is 0 Å². The molecule has 2 aromatic rings. The van der Waals surface area contributed by atoms with Gasteiger partial charge in [-0.15, -0.1) is 0 Å². The molecule has 30 heavy (non-hydrogen) atoms. The summed E-state index contributed by atoms with van der Waals surface area (Å²) in [5.74, 6) is -0.438. The van der Waals surface area contributed by atoms with Gasteiger partial charge < -0.3 is 15.4 Å². The van der Waals surface area contributed by atoms with Crippen molar-refractivity contribution in [1.29, 1.82) is 0 Å². The van der Waals surface area contributed by atoms with Crippen molar-refractivity contribution >= 4 is 41.0 Å². The molecule has 3 rings (SSSR count). The average Bonchev–Trinajstić information content (AvgIpc) is 2.94. The van der Waals surface area contributed by atoms with Crippen LogP contribution in [0.1, 0.15) is 31.0 Å². The van der Waals surface area contributed by atoms with E-state index in [-0.39, 0.29) is 0 Å². The fourth-order valence-corrected chi connectivity index (χ4v) is 3.57. The molecule has 2 N–H and O–H groups in total. The zero-order chi connectivity index (χ0) is 22.1. The SMILES string of the molecule is COc1cccc([C@]2(C)NC(=O)N(CC(=O)N[C@@H](C)c3ccc(Cl)c(Cl)c3)C2=O)c1. The molecule has 2 atom stereocenters.